The van der Waals surface area contributed by atoms with Gasteiger partial charge in [-0.1, -0.05) is 0 Å². The number of amides is 1. The molecule has 1 saturated heterocycles. The van der Waals surface area contributed by atoms with Crippen molar-refractivity contribution in [3.8, 4) is 0 Å². The molecule has 9 heteroatoms. The van der Waals surface area contributed by atoms with Crippen molar-refractivity contribution < 1.29 is 24.0 Å². The van der Waals surface area contributed by atoms with E-state index in [2.05, 4.69) is 10.1 Å². The molecule has 1 atom stereocenters. The molecule has 0 aromatic heterocycles. The standard InChI is InChI=1S/C17H21N3O6/c1-25-16(21)9-13-10-19(6-7-26-13)17(22)11-2-5-14(18-12-3-4-12)15(8-11)20(23)24/h2,5,8,12-13,18H,3-4,6-7,9-10H2,1H3/t13-/m0/s1. The summed E-state index contributed by atoms with van der Waals surface area (Å²) in [7, 11) is 1.30. The van der Waals surface area contributed by atoms with Crippen molar-refractivity contribution in [1.82, 2.24) is 4.90 Å². The van der Waals surface area contributed by atoms with Crippen LogP contribution in [-0.2, 0) is 14.3 Å². The Morgan fingerprint density at radius 1 is 1.42 bits per heavy atom. The van der Waals surface area contributed by atoms with Crippen LogP contribution in [0.1, 0.15) is 29.6 Å². The Morgan fingerprint density at radius 2 is 2.19 bits per heavy atom. The minimum Gasteiger partial charge on any atom is -0.469 e. The highest BCUT2D eigenvalue weighted by Crippen LogP contribution is 2.32. The maximum atomic E-state index is 12.7. The molecule has 1 amide bonds. The molecule has 0 bridgehead atoms. The van der Waals surface area contributed by atoms with Crippen LogP contribution in [0.3, 0.4) is 0 Å². The summed E-state index contributed by atoms with van der Waals surface area (Å²) >= 11 is 0. The van der Waals surface area contributed by atoms with Crippen molar-refractivity contribution in [2.45, 2.75) is 31.4 Å². The van der Waals surface area contributed by atoms with Crippen molar-refractivity contribution in [3.63, 3.8) is 0 Å². The molecule has 0 spiro atoms. The van der Waals surface area contributed by atoms with Gasteiger partial charge in [-0.25, -0.2) is 0 Å². The van der Waals surface area contributed by atoms with Crippen LogP contribution in [0.4, 0.5) is 11.4 Å². The second-order valence-corrected chi connectivity index (χ2v) is 6.43. The van der Waals surface area contributed by atoms with Gasteiger partial charge in [0.15, 0.2) is 0 Å². The normalized spacial score (nSPS) is 19.7. The van der Waals surface area contributed by atoms with Crippen molar-refractivity contribution in [3.05, 3.63) is 33.9 Å². The number of nitro groups is 1. The Morgan fingerprint density at radius 3 is 2.85 bits per heavy atom. The van der Waals surface area contributed by atoms with Gasteiger partial charge in [0.2, 0.25) is 0 Å². The minimum absolute atomic E-state index is 0.0602. The average Bonchev–Trinajstić information content (AvgIpc) is 3.45. The SMILES string of the molecule is COC(=O)C[C@H]1CN(C(=O)c2ccc(NC3CC3)c([N+](=O)[O-])c2)CCO1. The lowest BCUT2D eigenvalue weighted by molar-refractivity contribution is -0.384. The number of carbonyl (C=O) groups excluding carboxylic acids is 2. The zero-order valence-corrected chi connectivity index (χ0v) is 14.5. The van der Waals surface area contributed by atoms with E-state index in [1.165, 1.54) is 13.2 Å². The molecule has 0 unspecified atom stereocenters. The number of hydrogen-bond acceptors (Lipinski definition) is 7. The molecule has 140 valence electrons. The Kier molecular flexibility index (Phi) is 5.36. The maximum absolute atomic E-state index is 12.7. The molecule has 1 aliphatic carbocycles. The molecule has 1 saturated carbocycles. The van der Waals surface area contributed by atoms with Gasteiger partial charge >= 0.3 is 5.97 Å². The third-order valence-corrected chi connectivity index (χ3v) is 4.43. The summed E-state index contributed by atoms with van der Waals surface area (Å²) in [5.74, 6) is -0.723. The van der Waals surface area contributed by atoms with Gasteiger partial charge in [-0.05, 0) is 25.0 Å². The van der Waals surface area contributed by atoms with Crippen LogP contribution >= 0.6 is 0 Å². The van der Waals surface area contributed by atoms with Gasteiger partial charge < -0.3 is 19.7 Å². The first-order valence-corrected chi connectivity index (χ1v) is 8.50. The molecule has 2 fully saturated rings. The topological polar surface area (TPSA) is 111 Å². The molecule has 1 aliphatic heterocycles. The Hall–Kier alpha value is -2.68. The predicted molar refractivity (Wildman–Crippen MR) is 92.0 cm³/mol. The second kappa shape index (κ2) is 7.69. The number of esters is 1. The molecular weight excluding hydrogens is 342 g/mol. The predicted octanol–water partition coefficient (Wildman–Crippen LogP) is 1.57. The van der Waals surface area contributed by atoms with E-state index in [9.17, 15) is 19.7 Å². The summed E-state index contributed by atoms with van der Waals surface area (Å²) in [5, 5.41) is 14.5. The molecule has 1 aromatic carbocycles. The summed E-state index contributed by atoms with van der Waals surface area (Å²) in [6.07, 6.45) is 1.61. The zero-order chi connectivity index (χ0) is 18.7. The Balaban J connectivity index is 1.73. The first kappa shape index (κ1) is 18.1. The molecule has 1 N–H and O–H groups in total. The van der Waals surface area contributed by atoms with Crippen LogP contribution in [0.25, 0.3) is 0 Å². The van der Waals surface area contributed by atoms with E-state index < -0.39 is 17.0 Å². The van der Waals surface area contributed by atoms with Crippen LogP contribution in [0.5, 0.6) is 0 Å². The molecule has 2 aliphatic rings. The highest BCUT2D eigenvalue weighted by Gasteiger charge is 2.29. The van der Waals surface area contributed by atoms with Crippen molar-refractivity contribution in [2.24, 2.45) is 0 Å². The third kappa shape index (κ3) is 4.29. The highest BCUT2D eigenvalue weighted by atomic mass is 16.6. The largest absolute Gasteiger partial charge is 0.469 e. The minimum atomic E-state index is -0.485. The average molecular weight is 363 g/mol. The van der Waals surface area contributed by atoms with Crippen LogP contribution in [0.2, 0.25) is 0 Å². The van der Waals surface area contributed by atoms with Crippen LogP contribution in [0, 0.1) is 10.1 Å². The number of hydrogen-bond donors (Lipinski definition) is 1. The summed E-state index contributed by atoms with van der Waals surface area (Å²) < 4.78 is 10.1. The Labute approximate surface area is 150 Å². The van der Waals surface area contributed by atoms with E-state index in [0.717, 1.165) is 12.8 Å². The number of nitrogens with one attached hydrogen (secondary N) is 1. The van der Waals surface area contributed by atoms with Gasteiger partial charge in [-0.15, -0.1) is 0 Å². The molecule has 1 aromatic rings. The molecule has 1 heterocycles. The number of rotatable bonds is 6. The first-order chi connectivity index (χ1) is 12.5. The summed E-state index contributed by atoms with van der Waals surface area (Å²) in [6.45, 7) is 0.910. The number of benzene rings is 1. The van der Waals surface area contributed by atoms with E-state index in [1.807, 2.05) is 0 Å². The molecule has 26 heavy (non-hydrogen) atoms. The van der Waals surface area contributed by atoms with Gasteiger partial charge in [0, 0.05) is 30.8 Å². The van der Waals surface area contributed by atoms with Crippen molar-refractivity contribution >= 4 is 23.3 Å². The van der Waals surface area contributed by atoms with Gasteiger partial charge in [0.1, 0.15) is 5.69 Å². The second-order valence-electron chi connectivity index (χ2n) is 6.43. The van der Waals surface area contributed by atoms with Crippen molar-refractivity contribution in [1.29, 1.82) is 0 Å². The fourth-order valence-electron chi connectivity index (χ4n) is 2.86. The van der Waals surface area contributed by atoms with Gasteiger partial charge in [-0.2, -0.15) is 0 Å². The summed E-state index contributed by atoms with van der Waals surface area (Å²) in [6, 6.07) is 4.74. The zero-order valence-electron chi connectivity index (χ0n) is 14.5. The highest BCUT2D eigenvalue weighted by molar-refractivity contribution is 5.96. The van der Waals surface area contributed by atoms with E-state index in [1.54, 1.807) is 17.0 Å². The van der Waals surface area contributed by atoms with Crippen LogP contribution in [-0.4, -0.2) is 60.7 Å². The molecule has 3 rings (SSSR count). The number of methoxy groups -OCH3 is 1. The van der Waals surface area contributed by atoms with E-state index >= 15 is 0 Å². The van der Waals surface area contributed by atoms with E-state index in [4.69, 9.17) is 4.74 Å². The quantitative estimate of drug-likeness (QED) is 0.464. The summed E-state index contributed by atoms with van der Waals surface area (Å²) in [5.41, 5.74) is 0.568. The fourth-order valence-corrected chi connectivity index (χ4v) is 2.86. The lowest BCUT2D eigenvalue weighted by Gasteiger charge is -2.32. The van der Waals surface area contributed by atoms with Gasteiger partial charge in [0.05, 0.1) is 31.2 Å². The van der Waals surface area contributed by atoms with Gasteiger partial charge in [0.25, 0.3) is 11.6 Å². The van der Waals surface area contributed by atoms with Crippen molar-refractivity contribution in [2.75, 3.05) is 32.1 Å². The Bertz CT molecular complexity index is 718. The number of anilines is 1. The van der Waals surface area contributed by atoms with Crippen LogP contribution in [0.15, 0.2) is 18.2 Å². The lowest BCUT2D eigenvalue weighted by atomic mass is 10.1. The fraction of sp³-hybridized carbons (Fsp3) is 0.529. The lowest BCUT2D eigenvalue weighted by Crippen LogP contribution is -2.46. The molecule has 0 radical (unpaired) electrons. The maximum Gasteiger partial charge on any atom is 0.308 e. The third-order valence-electron chi connectivity index (χ3n) is 4.43. The summed E-state index contributed by atoms with van der Waals surface area (Å²) in [4.78, 5) is 36.5. The van der Waals surface area contributed by atoms with Gasteiger partial charge in [-0.3, -0.25) is 19.7 Å². The monoisotopic (exact) mass is 363 g/mol. The first-order valence-electron chi connectivity index (χ1n) is 8.50. The van der Waals surface area contributed by atoms with Crippen LogP contribution < -0.4 is 5.32 Å². The number of morpholine rings is 1. The number of carbonyl (C=O) groups is 2. The smallest absolute Gasteiger partial charge is 0.308 e. The van der Waals surface area contributed by atoms with E-state index in [0.29, 0.717) is 18.8 Å². The molecule has 9 nitrogen and oxygen atoms in total. The van der Waals surface area contributed by atoms with E-state index in [-0.39, 0.29) is 36.2 Å². The number of nitro benzene ring substituents is 1. The number of ether oxygens (including phenoxy) is 2. The number of nitrogens with zero attached hydrogens (tertiary/aromatic N) is 2. The molecular formula is C17H21N3O6.